The second-order valence-corrected chi connectivity index (χ2v) is 6.85. The topological polar surface area (TPSA) is 72.8 Å². The van der Waals surface area contributed by atoms with Crippen molar-refractivity contribution in [2.75, 3.05) is 7.11 Å². The molecule has 0 amide bonds. The molecule has 0 heterocycles. The van der Waals surface area contributed by atoms with Gasteiger partial charge in [-0.05, 0) is 47.5 Å². The number of fused-ring (bicyclic) bond motifs is 2. The van der Waals surface area contributed by atoms with Gasteiger partial charge in [0.2, 0.25) is 5.78 Å². The van der Waals surface area contributed by atoms with Crippen molar-refractivity contribution < 1.29 is 24.2 Å². The highest BCUT2D eigenvalue weighted by Crippen LogP contribution is 2.42. The number of phenols is 1. The predicted octanol–water partition coefficient (Wildman–Crippen LogP) is 3.86. The Balaban J connectivity index is 2.25. The number of benzene rings is 2. The highest BCUT2D eigenvalue weighted by Gasteiger charge is 2.36. The predicted molar refractivity (Wildman–Crippen MR) is 95.6 cm³/mol. The maximum Gasteiger partial charge on any atom is 0.202 e. The molecule has 0 aromatic heterocycles. The number of rotatable bonds is 4. The lowest BCUT2D eigenvalue weighted by Crippen LogP contribution is -2.23. The SMILES string of the molecule is COCc1cc2c(c(O)c1Br)C(=O)c1c(OC(C)C)cccc1C2=O. The van der Waals surface area contributed by atoms with Crippen LogP contribution in [0.4, 0.5) is 0 Å². The summed E-state index contributed by atoms with van der Waals surface area (Å²) in [5.74, 6) is -0.664. The van der Waals surface area contributed by atoms with E-state index >= 15 is 0 Å². The summed E-state index contributed by atoms with van der Waals surface area (Å²) in [6.45, 7) is 3.88. The van der Waals surface area contributed by atoms with Gasteiger partial charge in [0.25, 0.3) is 0 Å². The lowest BCUT2D eigenvalue weighted by Gasteiger charge is -2.23. The molecule has 1 aliphatic carbocycles. The normalized spacial score (nSPS) is 13.0. The van der Waals surface area contributed by atoms with Gasteiger partial charge in [0, 0.05) is 18.2 Å². The summed E-state index contributed by atoms with van der Waals surface area (Å²) in [4.78, 5) is 26.0. The van der Waals surface area contributed by atoms with Crippen LogP contribution in [0.1, 0.15) is 51.3 Å². The van der Waals surface area contributed by atoms with E-state index in [1.807, 2.05) is 13.8 Å². The molecule has 0 aliphatic heterocycles. The highest BCUT2D eigenvalue weighted by atomic mass is 79.9. The highest BCUT2D eigenvalue weighted by molar-refractivity contribution is 9.10. The zero-order chi connectivity index (χ0) is 18.3. The van der Waals surface area contributed by atoms with E-state index in [1.54, 1.807) is 24.3 Å². The zero-order valence-corrected chi connectivity index (χ0v) is 15.6. The fourth-order valence-electron chi connectivity index (χ4n) is 2.95. The van der Waals surface area contributed by atoms with E-state index in [1.165, 1.54) is 7.11 Å². The molecule has 0 unspecified atom stereocenters. The Labute approximate surface area is 153 Å². The summed E-state index contributed by atoms with van der Waals surface area (Å²) in [7, 11) is 1.51. The van der Waals surface area contributed by atoms with E-state index in [9.17, 15) is 14.7 Å². The summed E-state index contributed by atoms with van der Waals surface area (Å²) >= 11 is 3.28. The maximum absolute atomic E-state index is 13.1. The quantitative estimate of drug-likeness (QED) is 0.714. The van der Waals surface area contributed by atoms with E-state index < -0.39 is 5.78 Å². The number of halogens is 1. The van der Waals surface area contributed by atoms with Crippen molar-refractivity contribution >= 4 is 27.5 Å². The van der Waals surface area contributed by atoms with Crippen molar-refractivity contribution in [3.8, 4) is 11.5 Å². The van der Waals surface area contributed by atoms with E-state index in [0.29, 0.717) is 15.8 Å². The van der Waals surface area contributed by atoms with Crippen molar-refractivity contribution in [2.24, 2.45) is 0 Å². The average Bonchev–Trinajstić information content (AvgIpc) is 2.56. The monoisotopic (exact) mass is 404 g/mol. The number of ether oxygens (including phenoxy) is 2. The van der Waals surface area contributed by atoms with Gasteiger partial charge in [-0.25, -0.2) is 0 Å². The fourth-order valence-corrected chi connectivity index (χ4v) is 3.37. The van der Waals surface area contributed by atoms with Crippen LogP contribution in [0, 0.1) is 0 Å². The van der Waals surface area contributed by atoms with E-state index in [0.717, 1.165) is 0 Å². The molecule has 25 heavy (non-hydrogen) atoms. The lowest BCUT2D eigenvalue weighted by molar-refractivity contribution is 0.0970. The third-order valence-electron chi connectivity index (χ3n) is 3.95. The first-order valence-electron chi connectivity index (χ1n) is 7.79. The van der Waals surface area contributed by atoms with Gasteiger partial charge in [0.05, 0.1) is 28.3 Å². The number of hydrogen-bond donors (Lipinski definition) is 1. The zero-order valence-electron chi connectivity index (χ0n) is 14.1. The van der Waals surface area contributed by atoms with Crippen LogP contribution in [0.5, 0.6) is 11.5 Å². The molecule has 0 saturated heterocycles. The molecule has 2 aromatic carbocycles. The second kappa shape index (κ2) is 6.61. The molecule has 5 nitrogen and oxygen atoms in total. The van der Waals surface area contributed by atoms with Gasteiger partial charge in [0.1, 0.15) is 11.5 Å². The Morgan fingerprint density at radius 2 is 1.84 bits per heavy atom. The van der Waals surface area contributed by atoms with Gasteiger partial charge < -0.3 is 14.6 Å². The number of hydrogen-bond acceptors (Lipinski definition) is 5. The first-order chi connectivity index (χ1) is 11.9. The third-order valence-corrected chi connectivity index (χ3v) is 4.83. The molecule has 0 radical (unpaired) electrons. The molecule has 0 bridgehead atoms. The first-order valence-corrected chi connectivity index (χ1v) is 8.58. The van der Waals surface area contributed by atoms with Gasteiger partial charge in [0.15, 0.2) is 5.78 Å². The molecule has 1 aliphatic rings. The molecule has 2 aromatic rings. The van der Waals surface area contributed by atoms with Gasteiger partial charge in [-0.3, -0.25) is 9.59 Å². The Kier molecular flexibility index (Phi) is 4.67. The van der Waals surface area contributed by atoms with Gasteiger partial charge in [-0.2, -0.15) is 0 Å². The molecule has 0 atom stereocenters. The standard InChI is InChI=1S/C19H17BrO5/c1-9(2)25-13-6-4-5-11-14(13)18(22)15-12(17(11)21)7-10(8-24-3)16(20)19(15)23/h4-7,9,23H,8H2,1-3H3. The van der Waals surface area contributed by atoms with Gasteiger partial charge in [-0.15, -0.1) is 0 Å². The van der Waals surface area contributed by atoms with Crippen molar-refractivity contribution in [2.45, 2.75) is 26.6 Å². The second-order valence-electron chi connectivity index (χ2n) is 6.06. The number of aromatic hydroxyl groups is 1. The molecular formula is C19H17BrO5. The number of methoxy groups -OCH3 is 1. The Bertz CT molecular complexity index is 886. The molecule has 130 valence electrons. The largest absolute Gasteiger partial charge is 0.506 e. The van der Waals surface area contributed by atoms with Crippen molar-refractivity contribution in [3.05, 3.63) is 56.6 Å². The number of ketones is 2. The van der Waals surface area contributed by atoms with Crippen LogP contribution < -0.4 is 4.74 Å². The van der Waals surface area contributed by atoms with Crippen LogP contribution in [0.3, 0.4) is 0 Å². The summed E-state index contributed by atoms with van der Waals surface area (Å²) < 4.78 is 11.1. The molecule has 0 fully saturated rings. The van der Waals surface area contributed by atoms with Crippen LogP contribution in [0.25, 0.3) is 0 Å². The van der Waals surface area contributed by atoms with Crippen molar-refractivity contribution in [1.29, 1.82) is 0 Å². The van der Waals surface area contributed by atoms with E-state index in [2.05, 4.69) is 15.9 Å². The van der Waals surface area contributed by atoms with Crippen molar-refractivity contribution in [3.63, 3.8) is 0 Å². The van der Waals surface area contributed by atoms with Gasteiger partial charge in [-0.1, -0.05) is 12.1 Å². The molecule has 3 rings (SSSR count). The number of carbonyl (C=O) groups excluding carboxylic acids is 2. The minimum atomic E-state index is -0.428. The Morgan fingerprint density at radius 3 is 2.48 bits per heavy atom. The molecular weight excluding hydrogens is 388 g/mol. The summed E-state index contributed by atoms with van der Waals surface area (Å²) in [5.41, 5.74) is 1.23. The molecule has 6 heteroatoms. The van der Waals surface area contributed by atoms with Crippen LogP contribution >= 0.6 is 15.9 Å². The number of phenolic OH excluding ortho intramolecular Hbond substituents is 1. The minimum absolute atomic E-state index is 0.0102. The van der Waals surface area contributed by atoms with E-state index in [4.69, 9.17) is 9.47 Å². The van der Waals surface area contributed by atoms with E-state index in [-0.39, 0.29) is 46.5 Å². The molecule has 0 spiro atoms. The number of carbonyl (C=O) groups is 2. The fraction of sp³-hybridized carbons (Fsp3) is 0.263. The van der Waals surface area contributed by atoms with Crippen molar-refractivity contribution in [1.82, 2.24) is 0 Å². The molecule has 1 N–H and O–H groups in total. The average molecular weight is 405 g/mol. The summed E-state index contributed by atoms with van der Waals surface area (Å²) in [6, 6.07) is 6.52. The maximum atomic E-state index is 13.1. The lowest BCUT2D eigenvalue weighted by atomic mass is 9.82. The van der Waals surface area contributed by atoms with Crippen LogP contribution in [-0.4, -0.2) is 29.9 Å². The Hall–Kier alpha value is -2.18. The van der Waals surface area contributed by atoms with Crippen LogP contribution in [0.2, 0.25) is 0 Å². The van der Waals surface area contributed by atoms with Crippen LogP contribution in [-0.2, 0) is 11.3 Å². The van der Waals surface area contributed by atoms with Crippen LogP contribution in [0.15, 0.2) is 28.7 Å². The summed E-state index contributed by atoms with van der Waals surface area (Å²) in [5, 5.41) is 10.5. The smallest absolute Gasteiger partial charge is 0.202 e. The first kappa shape index (κ1) is 17.6. The van der Waals surface area contributed by atoms with Gasteiger partial charge >= 0.3 is 0 Å². The summed E-state index contributed by atoms with van der Waals surface area (Å²) in [6.07, 6.45) is -0.153. The third kappa shape index (κ3) is 2.85. The molecule has 0 saturated carbocycles. The minimum Gasteiger partial charge on any atom is -0.506 e. The Morgan fingerprint density at radius 1 is 1.12 bits per heavy atom.